The molecule has 2 atom stereocenters. The van der Waals surface area contributed by atoms with Crippen LogP contribution in [0.15, 0.2) is 48.5 Å². The van der Waals surface area contributed by atoms with Crippen LogP contribution >= 0.6 is 0 Å². The quantitative estimate of drug-likeness (QED) is 0.232. The summed E-state index contributed by atoms with van der Waals surface area (Å²) in [5.74, 6) is -1.73. The summed E-state index contributed by atoms with van der Waals surface area (Å²) < 4.78 is 7.07. The molecule has 2 heterocycles. The summed E-state index contributed by atoms with van der Waals surface area (Å²) in [5.41, 5.74) is 1.43. The first-order valence-corrected chi connectivity index (χ1v) is 11.0. The molecular formula is C24H26N4O5. The fourth-order valence-corrected chi connectivity index (χ4v) is 4.33. The standard InChI is InChI=1S/C24H26N4O5/c1-4-33-23(30)20-21(16-9-5-7-11-18(16)28(31)32)27-19-12-8-6-10-17(19)25-24(27)26(22(20)29)14-13-15(2)3/h5-12,15,20-21H,4,13-14H2,1-3H3/t20-,21+/m1/s1. The predicted octanol–water partition coefficient (Wildman–Crippen LogP) is 4.11. The molecular weight excluding hydrogens is 424 g/mol. The van der Waals surface area contributed by atoms with Crippen LogP contribution in [0.25, 0.3) is 11.0 Å². The van der Waals surface area contributed by atoms with Crippen LogP contribution in [-0.2, 0) is 14.3 Å². The molecule has 1 amide bonds. The molecule has 0 bridgehead atoms. The Morgan fingerprint density at radius 2 is 1.88 bits per heavy atom. The zero-order chi connectivity index (χ0) is 23.7. The highest BCUT2D eigenvalue weighted by Crippen LogP contribution is 2.43. The lowest BCUT2D eigenvalue weighted by Crippen LogP contribution is -2.50. The van der Waals surface area contributed by atoms with Crippen LogP contribution < -0.4 is 4.90 Å². The second-order valence-corrected chi connectivity index (χ2v) is 8.43. The van der Waals surface area contributed by atoms with Gasteiger partial charge in [0.05, 0.1) is 34.2 Å². The van der Waals surface area contributed by atoms with E-state index in [4.69, 9.17) is 9.72 Å². The Bertz CT molecular complexity index is 1220. The number of fused-ring (bicyclic) bond motifs is 3. The molecule has 33 heavy (non-hydrogen) atoms. The van der Waals surface area contributed by atoms with Gasteiger partial charge in [-0.05, 0) is 31.4 Å². The first-order chi connectivity index (χ1) is 15.8. The highest BCUT2D eigenvalue weighted by Gasteiger charge is 2.49. The van der Waals surface area contributed by atoms with Crippen LogP contribution in [0.3, 0.4) is 0 Å². The first kappa shape index (κ1) is 22.4. The normalized spacial score (nSPS) is 17.9. The zero-order valence-corrected chi connectivity index (χ0v) is 18.8. The van der Waals surface area contributed by atoms with E-state index in [9.17, 15) is 19.7 Å². The molecule has 0 saturated carbocycles. The number of nitro benzene ring substituents is 1. The number of amides is 1. The maximum atomic E-state index is 13.8. The lowest BCUT2D eigenvalue weighted by Gasteiger charge is -2.37. The van der Waals surface area contributed by atoms with Crippen molar-refractivity contribution in [2.75, 3.05) is 18.1 Å². The topological polar surface area (TPSA) is 108 Å². The Morgan fingerprint density at radius 1 is 1.18 bits per heavy atom. The van der Waals surface area contributed by atoms with Crippen molar-refractivity contribution in [3.63, 3.8) is 0 Å². The molecule has 9 heteroatoms. The van der Waals surface area contributed by atoms with Crippen LogP contribution in [-0.4, -0.2) is 39.5 Å². The van der Waals surface area contributed by atoms with Crippen molar-refractivity contribution in [1.29, 1.82) is 0 Å². The summed E-state index contributed by atoms with van der Waals surface area (Å²) in [7, 11) is 0. The van der Waals surface area contributed by atoms with E-state index in [1.54, 1.807) is 29.7 Å². The summed E-state index contributed by atoms with van der Waals surface area (Å²) >= 11 is 0. The number of benzene rings is 2. The smallest absolute Gasteiger partial charge is 0.321 e. The maximum absolute atomic E-state index is 13.8. The molecule has 0 saturated heterocycles. The van der Waals surface area contributed by atoms with Crippen LogP contribution in [0, 0.1) is 22.0 Å². The molecule has 172 valence electrons. The Hall–Kier alpha value is -3.75. The van der Waals surface area contributed by atoms with Gasteiger partial charge in [0, 0.05) is 12.6 Å². The van der Waals surface area contributed by atoms with E-state index < -0.39 is 28.8 Å². The van der Waals surface area contributed by atoms with Gasteiger partial charge in [0.15, 0.2) is 5.92 Å². The van der Waals surface area contributed by atoms with E-state index in [1.807, 2.05) is 24.3 Å². The molecule has 3 aromatic rings. The molecule has 4 rings (SSSR count). The van der Waals surface area contributed by atoms with Crippen molar-refractivity contribution in [2.24, 2.45) is 11.8 Å². The fraction of sp³-hybridized carbons (Fsp3) is 0.375. The SMILES string of the molecule is CCOC(=O)[C@H]1C(=O)N(CCC(C)C)c2nc3ccccc3n2[C@H]1c1ccccc1[N+](=O)[O-]. The molecule has 0 unspecified atom stereocenters. The van der Waals surface area contributed by atoms with Gasteiger partial charge in [0.25, 0.3) is 5.69 Å². The number of hydrogen-bond acceptors (Lipinski definition) is 6. The number of aromatic nitrogens is 2. The zero-order valence-electron chi connectivity index (χ0n) is 18.8. The van der Waals surface area contributed by atoms with Gasteiger partial charge in [-0.15, -0.1) is 0 Å². The van der Waals surface area contributed by atoms with Gasteiger partial charge >= 0.3 is 5.97 Å². The molecule has 0 radical (unpaired) electrons. The minimum absolute atomic E-state index is 0.0930. The van der Waals surface area contributed by atoms with Gasteiger partial charge in [-0.25, -0.2) is 4.98 Å². The summed E-state index contributed by atoms with van der Waals surface area (Å²) in [6.45, 7) is 6.24. The highest BCUT2D eigenvalue weighted by atomic mass is 16.6. The van der Waals surface area contributed by atoms with E-state index >= 15 is 0 Å². The monoisotopic (exact) mass is 450 g/mol. The number of carbonyl (C=O) groups is 2. The number of para-hydroxylation sites is 3. The number of nitrogens with zero attached hydrogens (tertiary/aromatic N) is 4. The number of nitro groups is 1. The first-order valence-electron chi connectivity index (χ1n) is 11.0. The molecule has 1 aliphatic heterocycles. The molecule has 0 aliphatic carbocycles. The van der Waals surface area contributed by atoms with E-state index in [2.05, 4.69) is 13.8 Å². The number of ether oxygens (including phenoxy) is 1. The second-order valence-electron chi connectivity index (χ2n) is 8.43. The second kappa shape index (κ2) is 9.01. The molecule has 0 fully saturated rings. The van der Waals surface area contributed by atoms with Crippen molar-refractivity contribution >= 4 is 34.5 Å². The number of anilines is 1. The highest BCUT2D eigenvalue weighted by molar-refractivity contribution is 6.08. The van der Waals surface area contributed by atoms with Crippen LogP contribution in [0.1, 0.15) is 38.8 Å². The Labute approximate surface area is 191 Å². The van der Waals surface area contributed by atoms with Gasteiger partial charge in [-0.1, -0.05) is 44.2 Å². The number of esters is 1. The molecule has 0 N–H and O–H groups in total. The van der Waals surface area contributed by atoms with Crippen molar-refractivity contribution in [3.05, 3.63) is 64.2 Å². The number of rotatable bonds is 7. The van der Waals surface area contributed by atoms with Gasteiger partial charge < -0.3 is 9.30 Å². The minimum Gasteiger partial charge on any atom is -0.465 e. The average molecular weight is 450 g/mol. The van der Waals surface area contributed by atoms with E-state index in [-0.39, 0.29) is 17.9 Å². The third-order valence-electron chi connectivity index (χ3n) is 5.87. The predicted molar refractivity (Wildman–Crippen MR) is 123 cm³/mol. The van der Waals surface area contributed by atoms with Crippen molar-refractivity contribution in [2.45, 2.75) is 33.2 Å². The summed E-state index contributed by atoms with van der Waals surface area (Å²) in [6.07, 6.45) is 0.709. The Balaban J connectivity index is 2.02. The van der Waals surface area contributed by atoms with E-state index in [1.165, 1.54) is 11.0 Å². The van der Waals surface area contributed by atoms with Gasteiger partial charge in [-0.2, -0.15) is 0 Å². The molecule has 1 aliphatic rings. The molecule has 9 nitrogen and oxygen atoms in total. The number of hydrogen-bond donors (Lipinski definition) is 0. The fourth-order valence-electron chi connectivity index (χ4n) is 4.33. The van der Waals surface area contributed by atoms with Crippen LogP contribution in [0.2, 0.25) is 0 Å². The van der Waals surface area contributed by atoms with Crippen LogP contribution in [0.5, 0.6) is 0 Å². The van der Waals surface area contributed by atoms with Gasteiger partial charge in [-0.3, -0.25) is 24.6 Å². The van der Waals surface area contributed by atoms with E-state index in [0.717, 1.165) is 0 Å². The Kier molecular flexibility index (Phi) is 6.13. The summed E-state index contributed by atoms with van der Waals surface area (Å²) in [4.78, 5) is 44.5. The average Bonchev–Trinajstić information content (AvgIpc) is 3.16. The third kappa shape index (κ3) is 3.94. The van der Waals surface area contributed by atoms with Crippen molar-refractivity contribution < 1.29 is 19.2 Å². The maximum Gasteiger partial charge on any atom is 0.321 e. The van der Waals surface area contributed by atoms with Crippen LogP contribution in [0.4, 0.5) is 11.6 Å². The summed E-state index contributed by atoms with van der Waals surface area (Å²) in [6, 6.07) is 12.6. The number of carbonyl (C=O) groups excluding carboxylic acids is 2. The molecule has 1 aromatic heterocycles. The van der Waals surface area contributed by atoms with Crippen molar-refractivity contribution in [1.82, 2.24) is 9.55 Å². The van der Waals surface area contributed by atoms with Gasteiger partial charge in [0.1, 0.15) is 0 Å². The largest absolute Gasteiger partial charge is 0.465 e. The number of imidazole rings is 1. The third-order valence-corrected chi connectivity index (χ3v) is 5.87. The molecule has 2 aromatic carbocycles. The minimum atomic E-state index is -1.27. The Morgan fingerprint density at radius 3 is 2.58 bits per heavy atom. The molecule has 0 spiro atoms. The van der Waals surface area contributed by atoms with Gasteiger partial charge in [0.2, 0.25) is 11.9 Å². The van der Waals surface area contributed by atoms with Crippen molar-refractivity contribution in [3.8, 4) is 0 Å². The lowest BCUT2D eigenvalue weighted by atomic mass is 9.88. The lowest BCUT2D eigenvalue weighted by molar-refractivity contribution is -0.385. The summed E-state index contributed by atoms with van der Waals surface area (Å²) in [5, 5.41) is 11.9. The van der Waals surface area contributed by atoms with E-state index in [0.29, 0.717) is 35.9 Å².